The van der Waals surface area contributed by atoms with Gasteiger partial charge in [0.2, 0.25) is 0 Å². The molecule has 0 N–H and O–H groups in total. The van der Waals surface area contributed by atoms with Gasteiger partial charge in [0, 0.05) is 10.8 Å². The van der Waals surface area contributed by atoms with Gasteiger partial charge < -0.3 is 9.47 Å². The first kappa shape index (κ1) is 12.5. The smallest absolute Gasteiger partial charge is 0.385 e. The summed E-state index contributed by atoms with van der Waals surface area (Å²) >= 11 is 1.28. The Morgan fingerprint density at radius 1 is 1.38 bits per heavy atom. The Balaban J connectivity index is 2.50. The second-order valence-electron chi connectivity index (χ2n) is 2.73. The molecule has 4 heteroatoms. The van der Waals surface area contributed by atoms with E-state index < -0.39 is 5.97 Å². The molecule has 0 amide bonds. The van der Waals surface area contributed by atoms with Gasteiger partial charge >= 0.3 is 5.97 Å². The molecule has 0 saturated heterocycles. The highest BCUT2D eigenvalue weighted by molar-refractivity contribution is 8.04. The molecule has 0 aromatic heterocycles. The zero-order valence-corrected chi connectivity index (χ0v) is 9.97. The van der Waals surface area contributed by atoms with Gasteiger partial charge in [-0.3, -0.25) is 0 Å². The molecule has 84 valence electrons. The predicted molar refractivity (Wildman–Crippen MR) is 63.3 cm³/mol. The lowest BCUT2D eigenvalue weighted by atomic mass is 10.3. The monoisotopic (exact) mass is 236 g/mol. The van der Waals surface area contributed by atoms with Gasteiger partial charge in [0.15, 0.2) is 0 Å². The molecule has 0 aliphatic carbocycles. The van der Waals surface area contributed by atoms with Crippen molar-refractivity contribution in [3.63, 3.8) is 0 Å². The molecule has 3 nitrogen and oxygen atoms in total. The predicted octanol–water partition coefficient (Wildman–Crippen LogP) is 2.31. The first-order valence-corrected chi connectivity index (χ1v) is 5.56. The van der Waals surface area contributed by atoms with Crippen molar-refractivity contribution in [3.05, 3.63) is 24.3 Å². The molecule has 0 spiro atoms. The van der Waals surface area contributed by atoms with Crippen LogP contribution in [-0.4, -0.2) is 19.7 Å². The molecule has 0 atom stereocenters. The maximum Gasteiger partial charge on any atom is 0.385 e. The summed E-state index contributed by atoms with van der Waals surface area (Å²) < 4.78 is 9.69. The number of benzene rings is 1. The minimum absolute atomic E-state index is 0.348. The van der Waals surface area contributed by atoms with E-state index in [0.29, 0.717) is 6.61 Å². The van der Waals surface area contributed by atoms with Crippen molar-refractivity contribution >= 4 is 17.7 Å². The number of hydrogen-bond donors (Lipinski definition) is 0. The molecule has 1 rings (SSSR count). The van der Waals surface area contributed by atoms with E-state index in [4.69, 9.17) is 4.74 Å². The van der Waals surface area contributed by atoms with E-state index in [2.05, 4.69) is 15.9 Å². The molecule has 0 aliphatic rings. The number of esters is 1. The van der Waals surface area contributed by atoms with Gasteiger partial charge in [0.1, 0.15) is 5.75 Å². The molecule has 0 fully saturated rings. The van der Waals surface area contributed by atoms with Crippen molar-refractivity contribution in [1.29, 1.82) is 0 Å². The molecule has 0 radical (unpaired) electrons. The SMILES string of the molecule is CCOC(=O)C#CSc1ccc(OC)cc1. The lowest BCUT2D eigenvalue weighted by molar-refractivity contribution is -0.136. The lowest BCUT2D eigenvalue weighted by Crippen LogP contribution is -1.98. The van der Waals surface area contributed by atoms with Crippen LogP contribution in [0.5, 0.6) is 5.75 Å². The van der Waals surface area contributed by atoms with Crippen LogP contribution in [0.25, 0.3) is 0 Å². The molecular formula is C12H12O3S. The number of ether oxygens (including phenoxy) is 2. The van der Waals surface area contributed by atoms with E-state index in [1.165, 1.54) is 11.8 Å². The number of carbonyl (C=O) groups is 1. The molecule has 0 aliphatic heterocycles. The van der Waals surface area contributed by atoms with Crippen LogP contribution >= 0.6 is 11.8 Å². The third-order valence-corrected chi connectivity index (χ3v) is 2.37. The summed E-state index contributed by atoms with van der Waals surface area (Å²) in [5, 5.41) is 2.68. The normalized spacial score (nSPS) is 8.88. The first-order chi connectivity index (χ1) is 7.76. The van der Waals surface area contributed by atoms with Gasteiger partial charge in [-0.05, 0) is 48.2 Å². The lowest BCUT2D eigenvalue weighted by Gasteiger charge is -1.98. The third-order valence-electron chi connectivity index (χ3n) is 1.66. The minimum atomic E-state index is -0.497. The highest BCUT2D eigenvalue weighted by atomic mass is 32.2. The zero-order valence-electron chi connectivity index (χ0n) is 9.15. The molecule has 1 aromatic carbocycles. The number of methoxy groups -OCH3 is 1. The van der Waals surface area contributed by atoms with Crippen LogP contribution in [0.1, 0.15) is 6.92 Å². The highest BCUT2D eigenvalue weighted by Crippen LogP contribution is 2.19. The van der Waals surface area contributed by atoms with Gasteiger partial charge in [-0.15, -0.1) is 0 Å². The van der Waals surface area contributed by atoms with Crippen LogP contribution < -0.4 is 4.74 Å². The van der Waals surface area contributed by atoms with E-state index in [0.717, 1.165) is 10.6 Å². The molecule has 16 heavy (non-hydrogen) atoms. The average Bonchev–Trinajstić information content (AvgIpc) is 2.30. The minimum Gasteiger partial charge on any atom is -0.497 e. The molecular weight excluding hydrogens is 224 g/mol. The summed E-state index contributed by atoms with van der Waals surface area (Å²) in [6.07, 6.45) is 0. The molecule has 0 bridgehead atoms. The Morgan fingerprint density at radius 3 is 2.62 bits per heavy atom. The fourth-order valence-corrected chi connectivity index (χ4v) is 1.46. The van der Waals surface area contributed by atoms with Crippen LogP contribution in [0.15, 0.2) is 29.2 Å². The van der Waals surface area contributed by atoms with Gasteiger partial charge in [-0.2, -0.15) is 0 Å². The van der Waals surface area contributed by atoms with E-state index in [1.54, 1.807) is 14.0 Å². The van der Waals surface area contributed by atoms with Crippen molar-refractivity contribution < 1.29 is 14.3 Å². The molecule has 0 heterocycles. The Morgan fingerprint density at radius 2 is 2.06 bits per heavy atom. The van der Waals surface area contributed by atoms with E-state index in [1.807, 2.05) is 24.3 Å². The maximum atomic E-state index is 10.9. The Kier molecular flexibility index (Phi) is 5.30. The Hall–Kier alpha value is -1.60. The van der Waals surface area contributed by atoms with E-state index >= 15 is 0 Å². The van der Waals surface area contributed by atoms with Gasteiger partial charge in [0.05, 0.1) is 13.7 Å². The first-order valence-electron chi connectivity index (χ1n) is 4.75. The Bertz CT molecular complexity index is 401. The van der Waals surface area contributed by atoms with Crippen molar-refractivity contribution in [3.8, 4) is 16.9 Å². The van der Waals surface area contributed by atoms with Crippen molar-refractivity contribution in [2.75, 3.05) is 13.7 Å². The summed E-state index contributed by atoms with van der Waals surface area (Å²) in [7, 11) is 1.61. The summed E-state index contributed by atoms with van der Waals surface area (Å²) in [6, 6.07) is 7.44. The summed E-state index contributed by atoms with van der Waals surface area (Å²) in [4.78, 5) is 11.9. The second kappa shape index (κ2) is 6.81. The van der Waals surface area contributed by atoms with Crippen LogP contribution in [0, 0.1) is 11.2 Å². The number of thioether (sulfide) groups is 1. The number of hydrogen-bond acceptors (Lipinski definition) is 4. The van der Waals surface area contributed by atoms with Crippen LogP contribution in [0.3, 0.4) is 0 Å². The third kappa shape index (κ3) is 4.28. The summed E-state index contributed by atoms with van der Waals surface area (Å²) in [6.45, 7) is 2.09. The summed E-state index contributed by atoms with van der Waals surface area (Å²) in [5.41, 5.74) is 0. The zero-order chi connectivity index (χ0) is 11.8. The maximum absolute atomic E-state index is 10.9. The molecule has 1 aromatic rings. The van der Waals surface area contributed by atoms with Crippen molar-refractivity contribution in [1.82, 2.24) is 0 Å². The average molecular weight is 236 g/mol. The molecule has 0 unspecified atom stereocenters. The van der Waals surface area contributed by atoms with Crippen LogP contribution in [-0.2, 0) is 9.53 Å². The van der Waals surface area contributed by atoms with Crippen LogP contribution in [0.2, 0.25) is 0 Å². The summed E-state index contributed by atoms with van der Waals surface area (Å²) in [5.74, 6) is 2.68. The van der Waals surface area contributed by atoms with Crippen molar-refractivity contribution in [2.24, 2.45) is 0 Å². The van der Waals surface area contributed by atoms with E-state index in [9.17, 15) is 4.79 Å². The quantitative estimate of drug-likeness (QED) is 0.458. The number of rotatable bonds is 3. The fourth-order valence-electron chi connectivity index (χ4n) is 0.937. The number of carbonyl (C=O) groups excluding carboxylic acids is 1. The standard InChI is InChI=1S/C12H12O3S/c1-3-15-12(13)8-9-16-11-6-4-10(14-2)5-7-11/h4-7H,3H2,1-2H3. The van der Waals surface area contributed by atoms with Crippen molar-refractivity contribution in [2.45, 2.75) is 11.8 Å². The second-order valence-corrected chi connectivity index (χ2v) is 3.60. The highest BCUT2D eigenvalue weighted by Gasteiger charge is 1.94. The molecule has 0 saturated carbocycles. The van der Waals surface area contributed by atoms with Gasteiger partial charge in [0.25, 0.3) is 0 Å². The topological polar surface area (TPSA) is 35.5 Å². The van der Waals surface area contributed by atoms with Gasteiger partial charge in [-0.1, -0.05) is 0 Å². The van der Waals surface area contributed by atoms with Crippen LogP contribution in [0.4, 0.5) is 0 Å². The fraction of sp³-hybridized carbons (Fsp3) is 0.250. The Labute approximate surface area is 99.1 Å². The van der Waals surface area contributed by atoms with Gasteiger partial charge in [-0.25, -0.2) is 4.79 Å². The van der Waals surface area contributed by atoms with E-state index in [-0.39, 0.29) is 0 Å². The largest absolute Gasteiger partial charge is 0.497 e.